The smallest absolute Gasteiger partial charge is 0.345 e. The number of halogens is 3. The summed E-state index contributed by atoms with van der Waals surface area (Å²) < 4.78 is 37.3. The van der Waals surface area contributed by atoms with Gasteiger partial charge >= 0.3 is 6.18 Å². The first-order chi connectivity index (χ1) is 9.02. The van der Waals surface area contributed by atoms with Gasteiger partial charge in [0.05, 0.1) is 5.56 Å². The number of benzene rings is 1. The lowest BCUT2D eigenvalue weighted by molar-refractivity contribution is -0.137. The monoisotopic (exact) mass is 266 g/mol. The van der Waals surface area contributed by atoms with E-state index in [9.17, 15) is 13.2 Å². The Morgan fingerprint density at radius 2 is 1.84 bits per heavy atom. The maximum Gasteiger partial charge on any atom is 0.416 e. The van der Waals surface area contributed by atoms with Crippen LogP contribution in [0.15, 0.2) is 30.5 Å². The zero-order chi connectivity index (χ0) is 13.5. The lowest BCUT2D eigenvalue weighted by atomic mass is 10.1. The minimum atomic E-state index is -4.27. The van der Waals surface area contributed by atoms with Crippen LogP contribution in [0, 0.1) is 0 Å². The molecule has 0 atom stereocenters. The Balaban J connectivity index is 1.71. The Morgan fingerprint density at radius 1 is 1.16 bits per heavy atom. The standard InChI is InChI=1S/C14H13F3N2/c15-14(16,17)11-5-1-9(2-6-11)7-12-8-18-13(19-12)10-3-4-10/h1-2,5-6,8,10H,3-4,7H2,(H,18,19). The molecule has 1 aliphatic carbocycles. The second-order valence-corrected chi connectivity index (χ2v) is 4.94. The van der Waals surface area contributed by atoms with E-state index in [4.69, 9.17) is 0 Å². The van der Waals surface area contributed by atoms with Crippen molar-refractivity contribution in [1.29, 1.82) is 0 Å². The van der Waals surface area contributed by atoms with Crippen LogP contribution >= 0.6 is 0 Å². The highest BCUT2D eigenvalue weighted by Gasteiger charge is 2.30. The summed E-state index contributed by atoms with van der Waals surface area (Å²) in [4.78, 5) is 7.53. The molecular weight excluding hydrogens is 253 g/mol. The van der Waals surface area contributed by atoms with Crippen LogP contribution in [-0.4, -0.2) is 9.97 Å². The molecule has 1 N–H and O–H groups in total. The van der Waals surface area contributed by atoms with Crippen molar-refractivity contribution in [2.24, 2.45) is 0 Å². The molecular formula is C14H13F3N2. The van der Waals surface area contributed by atoms with E-state index in [1.54, 1.807) is 6.20 Å². The SMILES string of the molecule is FC(F)(F)c1ccc(Cc2cnc(C3CC3)[nH]2)cc1. The second-order valence-electron chi connectivity index (χ2n) is 4.94. The average Bonchev–Trinajstić information content (AvgIpc) is 3.10. The topological polar surface area (TPSA) is 28.7 Å². The fourth-order valence-corrected chi connectivity index (χ4v) is 2.06. The Labute approximate surface area is 108 Å². The number of nitrogens with zero attached hydrogens (tertiary/aromatic N) is 1. The molecule has 0 spiro atoms. The van der Waals surface area contributed by atoms with Gasteiger partial charge in [0.1, 0.15) is 5.82 Å². The molecule has 0 amide bonds. The summed E-state index contributed by atoms with van der Waals surface area (Å²) in [6.07, 6.45) is 0.426. The number of aromatic nitrogens is 2. The normalized spacial score (nSPS) is 15.7. The molecule has 0 unspecified atom stereocenters. The summed E-state index contributed by atoms with van der Waals surface area (Å²) in [5, 5.41) is 0. The van der Waals surface area contributed by atoms with Crippen molar-refractivity contribution in [3.05, 3.63) is 53.1 Å². The largest absolute Gasteiger partial charge is 0.416 e. The first-order valence-corrected chi connectivity index (χ1v) is 6.22. The van der Waals surface area contributed by atoms with E-state index in [0.29, 0.717) is 12.3 Å². The van der Waals surface area contributed by atoms with E-state index in [-0.39, 0.29) is 0 Å². The van der Waals surface area contributed by atoms with Gasteiger partial charge < -0.3 is 4.98 Å². The van der Waals surface area contributed by atoms with E-state index in [0.717, 1.165) is 29.2 Å². The minimum absolute atomic E-state index is 0.557. The summed E-state index contributed by atoms with van der Waals surface area (Å²) in [5.41, 5.74) is 1.18. The first-order valence-electron chi connectivity index (χ1n) is 6.22. The molecule has 1 aromatic carbocycles. The Kier molecular flexibility index (Phi) is 2.84. The Morgan fingerprint density at radius 3 is 2.42 bits per heavy atom. The number of rotatable bonds is 3. The predicted octanol–water partition coefficient (Wildman–Crippen LogP) is 3.90. The summed E-state index contributed by atoms with van der Waals surface area (Å²) >= 11 is 0. The van der Waals surface area contributed by atoms with Crippen molar-refractivity contribution in [3.63, 3.8) is 0 Å². The van der Waals surface area contributed by atoms with Crippen molar-refractivity contribution >= 4 is 0 Å². The third kappa shape index (κ3) is 2.80. The van der Waals surface area contributed by atoms with Gasteiger partial charge in [0, 0.05) is 24.2 Å². The molecule has 2 aromatic rings. The van der Waals surface area contributed by atoms with Crippen molar-refractivity contribution in [1.82, 2.24) is 9.97 Å². The summed E-state index contributed by atoms with van der Waals surface area (Å²) in [7, 11) is 0. The Bertz CT molecular complexity index is 565. The molecule has 1 heterocycles. The van der Waals surface area contributed by atoms with Gasteiger partial charge in [-0.05, 0) is 30.5 Å². The molecule has 1 saturated carbocycles. The van der Waals surface area contributed by atoms with Crippen LogP contribution in [0.2, 0.25) is 0 Å². The minimum Gasteiger partial charge on any atom is -0.345 e. The van der Waals surface area contributed by atoms with Gasteiger partial charge in [-0.25, -0.2) is 4.98 Å². The number of nitrogens with one attached hydrogen (secondary N) is 1. The number of alkyl halides is 3. The van der Waals surface area contributed by atoms with Crippen LogP contribution in [-0.2, 0) is 12.6 Å². The number of H-pyrrole nitrogens is 1. The fraction of sp³-hybridized carbons (Fsp3) is 0.357. The highest BCUT2D eigenvalue weighted by Crippen LogP contribution is 2.38. The van der Waals surface area contributed by atoms with Gasteiger partial charge in [0.25, 0.3) is 0 Å². The molecule has 2 nitrogen and oxygen atoms in total. The zero-order valence-electron chi connectivity index (χ0n) is 10.2. The molecule has 1 aliphatic rings. The van der Waals surface area contributed by atoms with E-state index in [1.807, 2.05) is 0 Å². The van der Waals surface area contributed by atoms with Crippen molar-refractivity contribution in [2.45, 2.75) is 31.4 Å². The average molecular weight is 266 g/mol. The number of hydrogen-bond donors (Lipinski definition) is 1. The van der Waals surface area contributed by atoms with Gasteiger partial charge in [-0.1, -0.05) is 12.1 Å². The van der Waals surface area contributed by atoms with Crippen molar-refractivity contribution in [3.8, 4) is 0 Å². The molecule has 1 aromatic heterocycles. The van der Waals surface area contributed by atoms with E-state index in [2.05, 4.69) is 9.97 Å². The predicted molar refractivity (Wildman–Crippen MR) is 64.8 cm³/mol. The van der Waals surface area contributed by atoms with Crippen LogP contribution in [0.4, 0.5) is 13.2 Å². The van der Waals surface area contributed by atoms with Gasteiger partial charge in [-0.15, -0.1) is 0 Å². The van der Waals surface area contributed by atoms with Crippen LogP contribution in [0.1, 0.15) is 41.4 Å². The lowest BCUT2D eigenvalue weighted by Gasteiger charge is -2.07. The van der Waals surface area contributed by atoms with E-state index >= 15 is 0 Å². The molecule has 0 aliphatic heterocycles. The lowest BCUT2D eigenvalue weighted by Crippen LogP contribution is -2.04. The Hall–Kier alpha value is -1.78. The van der Waals surface area contributed by atoms with Gasteiger partial charge in [-0.3, -0.25) is 0 Å². The molecule has 100 valence electrons. The van der Waals surface area contributed by atoms with Gasteiger partial charge in [0.2, 0.25) is 0 Å². The zero-order valence-corrected chi connectivity index (χ0v) is 10.2. The molecule has 0 bridgehead atoms. The maximum absolute atomic E-state index is 12.4. The van der Waals surface area contributed by atoms with Crippen LogP contribution in [0.3, 0.4) is 0 Å². The summed E-state index contributed by atoms with van der Waals surface area (Å²) in [6, 6.07) is 5.27. The third-order valence-electron chi connectivity index (χ3n) is 3.29. The van der Waals surface area contributed by atoms with Gasteiger partial charge in [0.15, 0.2) is 0 Å². The molecule has 0 radical (unpaired) electrons. The van der Waals surface area contributed by atoms with Crippen molar-refractivity contribution in [2.75, 3.05) is 0 Å². The molecule has 19 heavy (non-hydrogen) atoms. The van der Waals surface area contributed by atoms with Gasteiger partial charge in [-0.2, -0.15) is 13.2 Å². The first kappa shape index (κ1) is 12.3. The number of aromatic amines is 1. The summed E-state index contributed by atoms with van der Waals surface area (Å²) in [5.74, 6) is 1.56. The van der Waals surface area contributed by atoms with E-state index in [1.165, 1.54) is 25.0 Å². The highest BCUT2D eigenvalue weighted by molar-refractivity contribution is 5.27. The third-order valence-corrected chi connectivity index (χ3v) is 3.29. The van der Waals surface area contributed by atoms with Crippen molar-refractivity contribution < 1.29 is 13.2 Å². The number of hydrogen-bond acceptors (Lipinski definition) is 1. The molecule has 0 saturated heterocycles. The van der Waals surface area contributed by atoms with Crippen LogP contribution < -0.4 is 0 Å². The second kappa shape index (κ2) is 4.40. The quantitative estimate of drug-likeness (QED) is 0.896. The molecule has 5 heteroatoms. The highest BCUT2D eigenvalue weighted by atomic mass is 19.4. The molecule has 1 fully saturated rings. The molecule has 3 rings (SSSR count). The number of imidazole rings is 1. The van der Waals surface area contributed by atoms with Crippen LogP contribution in [0.25, 0.3) is 0 Å². The summed E-state index contributed by atoms with van der Waals surface area (Å²) in [6.45, 7) is 0. The van der Waals surface area contributed by atoms with Crippen LogP contribution in [0.5, 0.6) is 0 Å². The maximum atomic E-state index is 12.4. The van der Waals surface area contributed by atoms with E-state index < -0.39 is 11.7 Å². The fourth-order valence-electron chi connectivity index (χ4n) is 2.06.